The van der Waals surface area contributed by atoms with Gasteiger partial charge in [-0.25, -0.2) is 0 Å². The molecular weight excluding hydrogens is 420 g/mol. The Morgan fingerprint density at radius 1 is 1.33 bits per heavy atom. The lowest BCUT2D eigenvalue weighted by atomic mass is 9.85. The molecule has 1 fully saturated rings. The van der Waals surface area contributed by atoms with E-state index >= 15 is 0 Å². The molecule has 0 heterocycles. The van der Waals surface area contributed by atoms with E-state index in [1.54, 1.807) is 13.2 Å². The zero-order valence-corrected chi connectivity index (χ0v) is 15.5. The van der Waals surface area contributed by atoms with Gasteiger partial charge in [0.05, 0.1) is 27.7 Å². The standard InChI is InChI=1S/C14H16Br2N2O2S/c1-20-11-7-10(8(15)6-9(11)16)18-13(19)14(12(17)21)4-2-3-5-14/h6-7H,2-5H2,1H3,(H2,17,21)(H,18,19). The summed E-state index contributed by atoms with van der Waals surface area (Å²) < 4.78 is 6.82. The Hall–Kier alpha value is -0.660. The van der Waals surface area contributed by atoms with Crippen LogP contribution in [0.25, 0.3) is 0 Å². The number of carbonyl (C=O) groups is 1. The first-order valence-corrected chi connectivity index (χ1v) is 8.54. The number of benzene rings is 1. The fraction of sp³-hybridized carbons (Fsp3) is 0.429. The van der Waals surface area contributed by atoms with Crippen molar-refractivity contribution < 1.29 is 9.53 Å². The summed E-state index contributed by atoms with van der Waals surface area (Å²) in [6.07, 6.45) is 3.35. The monoisotopic (exact) mass is 434 g/mol. The Bertz CT molecular complexity index is 587. The van der Waals surface area contributed by atoms with Gasteiger partial charge in [-0.1, -0.05) is 25.1 Å². The van der Waals surface area contributed by atoms with Crippen molar-refractivity contribution in [1.82, 2.24) is 0 Å². The molecule has 0 saturated heterocycles. The smallest absolute Gasteiger partial charge is 0.237 e. The highest BCUT2D eigenvalue weighted by atomic mass is 79.9. The molecule has 1 aromatic carbocycles. The van der Waals surface area contributed by atoms with E-state index in [0.29, 0.717) is 24.3 Å². The van der Waals surface area contributed by atoms with Crippen molar-refractivity contribution in [2.24, 2.45) is 11.1 Å². The van der Waals surface area contributed by atoms with Crippen molar-refractivity contribution in [2.75, 3.05) is 12.4 Å². The number of rotatable bonds is 4. The molecule has 2 rings (SSSR count). The first-order chi connectivity index (χ1) is 9.90. The van der Waals surface area contributed by atoms with Gasteiger partial charge in [-0.15, -0.1) is 0 Å². The zero-order chi connectivity index (χ0) is 15.6. The highest BCUT2D eigenvalue weighted by molar-refractivity contribution is 9.11. The fourth-order valence-corrected chi connectivity index (χ4v) is 4.14. The normalized spacial score (nSPS) is 16.5. The van der Waals surface area contributed by atoms with Crippen LogP contribution in [0.5, 0.6) is 5.75 Å². The van der Waals surface area contributed by atoms with Crippen LogP contribution in [-0.2, 0) is 4.79 Å². The summed E-state index contributed by atoms with van der Waals surface area (Å²) >= 11 is 12.0. The molecule has 0 aliphatic heterocycles. The van der Waals surface area contributed by atoms with Gasteiger partial charge in [0.15, 0.2) is 0 Å². The second-order valence-electron chi connectivity index (χ2n) is 5.07. The average Bonchev–Trinajstić information content (AvgIpc) is 2.92. The number of nitrogens with two attached hydrogens (primary N) is 1. The maximum Gasteiger partial charge on any atom is 0.237 e. The molecule has 0 radical (unpaired) electrons. The minimum Gasteiger partial charge on any atom is -0.495 e. The molecule has 3 N–H and O–H groups in total. The van der Waals surface area contributed by atoms with Crippen molar-refractivity contribution in [1.29, 1.82) is 0 Å². The van der Waals surface area contributed by atoms with E-state index in [1.165, 1.54) is 0 Å². The molecule has 1 aliphatic rings. The van der Waals surface area contributed by atoms with Crippen molar-refractivity contribution in [2.45, 2.75) is 25.7 Å². The molecule has 4 nitrogen and oxygen atoms in total. The molecule has 1 aliphatic carbocycles. The Kier molecular flexibility index (Phi) is 5.27. The summed E-state index contributed by atoms with van der Waals surface area (Å²) in [6.45, 7) is 0. The number of methoxy groups -OCH3 is 1. The number of hydrogen-bond donors (Lipinski definition) is 2. The average molecular weight is 436 g/mol. The molecule has 0 unspecified atom stereocenters. The minimum absolute atomic E-state index is 0.141. The van der Waals surface area contributed by atoms with E-state index in [1.807, 2.05) is 6.07 Å². The van der Waals surface area contributed by atoms with E-state index in [0.717, 1.165) is 21.8 Å². The Balaban J connectivity index is 2.29. The lowest BCUT2D eigenvalue weighted by Gasteiger charge is -2.26. The lowest BCUT2D eigenvalue weighted by molar-refractivity contribution is -0.122. The van der Waals surface area contributed by atoms with Gasteiger partial charge >= 0.3 is 0 Å². The number of nitrogens with one attached hydrogen (secondary N) is 1. The first kappa shape index (κ1) is 16.7. The van der Waals surface area contributed by atoms with Crippen molar-refractivity contribution in [3.05, 3.63) is 21.1 Å². The van der Waals surface area contributed by atoms with E-state index in [2.05, 4.69) is 37.2 Å². The number of ether oxygens (including phenoxy) is 1. The molecule has 0 bridgehead atoms. The van der Waals surface area contributed by atoms with E-state index in [4.69, 9.17) is 22.7 Å². The highest BCUT2D eigenvalue weighted by Gasteiger charge is 2.44. The molecule has 0 atom stereocenters. The summed E-state index contributed by atoms with van der Waals surface area (Å²) in [7, 11) is 1.58. The first-order valence-electron chi connectivity index (χ1n) is 6.55. The van der Waals surface area contributed by atoms with E-state index in [-0.39, 0.29) is 10.9 Å². The summed E-state index contributed by atoms with van der Waals surface area (Å²) in [5, 5.41) is 2.92. The summed E-state index contributed by atoms with van der Waals surface area (Å²) in [5.41, 5.74) is 5.75. The molecule has 21 heavy (non-hydrogen) atoms. The maximum absolute atomic E-state index is 12.7. The number of amides is 1. The lowest BCUT2D eigenvalue weighted by Crippen LogP contribution is -2.44. The topological polar surface area (TPSA) is 64.3 Å². The number of halogens is 2. The number of carbonyl (C=O) groups excluding carboxylic acids is 1. The van der Waals surface area contributed by atoms with Crippen LogP contribution in [0, 0.1) is 5.41 Å². The molecule has 0 spiro atoms. The second-order valence-corrected chi connectivity index (χ2v) is 7.22. The van der Waals surface area contributed by atoms with Crippen LogP contribution in [-0.4, -0.2) is 18.0 Å². The summed E-state index contributed by atoms with van der Waals surface area (Å²) in [5.74, 6) is 0.502. The van der Waals surface area contributed by atoms with Gasteiger partial charge in [-0.2, -0.15) is 0 Å². The third-order valence-corrected chi connectivity index (χ3v) is 5.52. The van der Waals surface area contributed by atoms with Crippen molar-refractivity contribution >= 4 is 60.7 Å². The van der Waals surface area contributed by atoms with Crippen LogP contribution in [0.2, 0.25) is 0 Å². The highest BCUT2D eigenvalue weighted by Crippen LogP contribution is 2.41. The predicted molar refractivity (Wildman–Crippen MR) is 94.7 cm³/mol. The maximum atomic E-state index is 12.7. The molecule has 7 heteroatoms. The van der Waals surface area contributed by atoms with Gasteiger partial charge in [0.2, 0.25) is 5.91 Å². The van der Waals surface area contributed by atoms with Crippen LogP contribution in [0.1, 0.15) is 25.7 Å². The summed E-state index contributed by atoms with van der Waals surface area (Å²) in [4.78, 5) is 12.9. The Labute approximate surface area is 146 Å². The fourth-order valence-electron chi connectivity index (χ4n) is 2.59. The molecule has 1 aromatic rings. The van der Waals surface area contributed by atoms with Crippen LogP contribution in [0.4, 0.5) is 5.69 Å². The van der Waals surface area contributed by atoms with E-state index < -0.39 is 5.41 Å². The predicted octanol–water partition coefficient (Wildman–Crippen LogP) is 4.01. The SMILES string of the molecule is COc1cc(NC(=O)C2(C(N)=S)CCCC2)c(Br)cc1Br. The molecular formula is C14H16Br2N2O2S. The Morgan fingerprint density at radius 3 is 2.48 bits per heavy atom. The largest absolute Gasteiger partial charge is 0.495 e. The van der Waals surface area contributed by atoms with Gasteiger partial charge in [0, 0.05) is 10.5 Å². The third kappa shape index (κ3) is 3.24. The van der Waals surface area contributed by atoms with Gasteiger partial charge in [0.1, 0.15) is 5.75 Å². The number of hydrogen-bond acceptors (Lipinski definition) is 3. The van der Waals surface area contributed by atoms with Gasteiger partial charge in [0.25, 0.3) is 0 Å². The van der Waals surface area contributed by atoms with Crippen LogP contribution in [0.3, 0.4) is 0 Å². The van der Waals surface area contributed by atoms with Gasteiger partial charge in [-0.05, 0) is 50.8 Å². The second kappa shape index (κ2) is 6.62. The number of anilines is 1. The molecule has 1 amide bonds. The quantitative estimate of drug-likeness (QED) is 0.701. The van der Waals surface area contributed by atoms with Crippen molar-refractivity contribution in [3.63, 3.8) is 0 Å². The molecule has 114 valence electrons. The zero-order valence-electron chi connectivity index (χ0n) is 11.5. The minimum atomic E-state index is -0.727. The van der Waals surface area contributed by atoms with Gasteiger partial charge < -0.3 is 15.8 Å². The summed E-state index contributed by atoms with van der Waals surface area (Å²) in [6, 6.07) is 3.59. The van der Waals surface area contributed by atoms with Crippen molar-refractivity contribution in [3.8, 4) is 5.75 Å². The third-order valence-electron chi connectivity index (χ3n) is 3.85. The molecule has 1 saturated carbocycles. The van der Waals surface area contributed by atoms with Gasteiger partial charge in [-0.3, -0.25) is 4.79 Å². The van der Waals surface area contributed by atoms with Crippen LogP contribution < -0.4 is 15.8 Å². The van der Waals surface area contributed by atoms with Crippen LogP contribution >= 0.6 is 44.1 Å². The molecule has 0 aromatic heterocycles. The van der Waals surface area contributed by atoms with E-state index in [9.17, 15) is 4.79 Å². The number of thiocarbonyl (C=S) groups is 1. The van der Waals surface area contributed by atoms with Crippen LogP contribution in [0.15, 0.2) is 21.1 Å². The Morgan fingerprint density at radius 2 is 1.95 bits per heavy atom.